The summed E-state index contributed by atoms with van der Waals surface area (Å²) in [5.74, 6) is 0. The van der Waals surface area contributed by atoms with Crippen LogP contribution in [-0.4, -0.2) is 25.1 Å². The lowest BCUT2D eigenvalue weighted by molar-refractivity contribution is -0.0394. The lowest BCUT2D eigenvalue weighted by Crippen LogP contribution is -2.18. The number of hydrogen-bond donors (Lipinski definition) is 0. The first-order chi connectivity index (χ1) is 7.93. The summed E-state index contributed by atoms with van der Waals surface area (Å²) in [4.78, 5) is 0. The van der Waals surface area contributed by atoms with Crippen LogP contribution in [0.25, 0.3) is 11.3 Å². The Kier molecular flexibility index (Phi) is 2.67. The van der Waals surface area contributed by atoms with E-state index in [1.807, 2.05) is 17.1 Å². The fraction of sp³-hybridized carbons (Fsp3) is 0.500. The maximum absolute atomic E-state index is 5.66. The van der Waals surface area contributed by atoms with Gasteiger partial charge in [0.15, 0.2) is 0 Å². The normalized spacial score (nSPS) is 21.1. The minimum absolute atomic E-state index is 0.0918. The van der Waals surface area contributed by atoms with Gasteiger partial charge in [-0.1, -0.05) is 0 Å². The SMILES string of the molecule is c1nn(C2CCCCO2)cc1-c1cnsn1. The lowest BCUT2D eigenvalue weighted by atomic mass is 10.2. The summed E-state index contributed by atoms with van der Waals surface area (Å²) in [6.45, 7) is 0.831. The summed E-state index contributed by atoms with van der Waals surface area (Å²) in [6.07, 6.45) is 9.04. The molecule has 1 unspecified atom stereocenters. The van der Waals surface area contributed by atoms with Crippen LogP contribution >= 0.6 is 11.7 Å². The van der Waals surface area contributed by atoms with Crippen LogP contribution in [0.2, 0.25) is 0 Å². The number of rotatable bonds is 2. The van der Waals surface area contributed by atoms with Gasteiger partial charge in [-0.2, -0.15) is 13.8 Å². The van der Waals surface area contributed by atoms with Crippen molar-refractivity contribution in [1.29, 1.82) is 0 Å². The van der Waals surface area contributed by atoms with Crippen LogP contribution in [0.15, 0.2) is 18.6 Å². The minimum atomic E-state index is 0.0918. The molecule has 5 nitrogen and oxygen atoms in total. The van der Waals surface area contributed by atoms with Gasteiger partial charge in [0, 0.05) is 18.4 Å². The zero-order valence-electron chi connectivity index (χ0n) is 8.74. The summed E-state index contributed by atoms with van der Waals surface area (Å²) in [5, 5.41) is 4.32. The van der Waals surface area contributed by atoms with E-state index in [1.54, 1.807) is 6.20 Å². The van der Waals surface area contributed by atoms with Gasteiger partial charge in [-0.3, -0.25) is 0 Å². The maximum atomic E-state index is 5.66. The van der Waals surface area contributed by atoms with Crippen molar-refractivity contribution in [3.05, 3.63) is 18.6 Å². The Morgan fingerprint density at radius 2 is 2.38 bits per heavy atom. The number of nitrogens with zero attached hydrogens (tertiary/aromatic N) is 4. The molecule has 0 spiro atoms. The van der Waals surface area contributed by atoms with Crippen LogP contribution < -0.4 is 0 Å². The van der Waals surface area contributed by atoms with Gasteiger partial charge in [0.1, 0.15) is 11.9 Å². The molecule has 3 heterocycles. The summed E-state index contributed by atoms with van der Waals surface area (Å²) in [5.41, 5.74) is 1.88. The molecule has 1 saturated heterocycles. The van der Waals surface area contributed by atoms with Gasteiger partial charge in [0.05, 0.1) is 24.1 Å². The summed E-state index contributed by atoms with van der Waals surface area (Å²) < 4.78 is 15.7. The molecular formula is C10H12N4OS. The zero-order valence-corrected chi connectivity index (χ0v) is 9.56. The zero-order chi connectivity index (χ0) is 10.8. The number of aromatic nitrogens is 4. The van der Waals surface area contributed by atoms with Crippen molar-refractivity contribution in [2.45, 2.75) is 25.5 Å². The molecule has 16 heavy (non-hydrogen) atoms. The van der Waals surface area contributed by atoms with E-state index in [-0.39, 0.29) is 6.23 Å². The highest BCUT2D eigenvalue weighted by Gasteiger charge is 2.17. The Bertz CT molecular complexity index is 447. The quantitative estimate of drug-likeness (QED) is 0.801. The molecule has 1 fully saturated rings. The third-order valence-electron chi connectivity index (χ3n) is 2.71. The monoisotopic (exact) mass is 236 g/mol. The van der Waals surface area contributed by atoms with E-state index >= 15 is 0 Å². The molecule has 0 N–H and O–H groups in total. The van der Waals surface area contributed by atoms with Crippen LogP contribution in [-0.2, 0) is 4.74 Å². The van der Waals surface area contributed by atoms with E-state index in [4.69, 9.17) is 4.74 Å². The summed E-state index contributed by atoms with van der Waals surface area (Å²) in [6, 6.07) is 0. The summed E-state index contributed by atoms with van der Waals surface area (Å²) >= 11 is 1.21. The van der Waals surface area contributed by atoms with Crippen molar-refractivity contribution < 1.29 is 4.74 Å². The smallest absolute Gasteiger partial charge is 0.150 e. The van der Waals surface area contributed by atoms with Crippen LogP contribution in [0.5, 0.6) is 0 Å². The van der Waals surface area contributed by atoms with E-state index in [1.165, 1.54) is 18.1 Å². The van der Waals surface area contributed by atoms with Crippen LogP contribution in [0.1, 0.15) is 25.5 Å². The van der Waals surface area contributed by atoms with Gasteiger partial charge in [0.25, 0.3) is 0 Å². The Labute approximate surface area is 97.4 Å². The van der Waals surface area contributed by atoms with Crippen molar-refractivity contribution >= 4 is 11.7 Å². The topological polar surface area (TPSA) is 52.8 Å². The molecule has 2 aromatic rings. The van der Waals surface area contributed by atoms with Gasteiger partial charge in [0.2, 0.25) is 0 Å². The molecule has 84 valence electrons. The molecule has 3 rings (SSSR count). The number of hydrogen-bond acceptors (Lipinski definition) is 5. The van der Waals surface area contributed by atoms with E-state index in [2.05, 4.69) is 13.8 Å². The van der Waals surface area contributed by atoms with Crippen molar-refractivity contribution in [3.8, 4) is 11.3 Å². The third kappa shape index (κ3) is 1.85. The predicted octanol–water partition coefficient (Wildman–Crippen LogP) is 2.10. The van der Waals surface area contributed by atoms with E-state index in [9.17, 15) is 0 Å². The van der Waals surface area contributed by atoms with E-state index in [0.29, 0.717) is 0 Å². The number of ether oxygens (including phenoxy) is 1. The average molecular weight is 236 g/mol. The molecule has 0 amide bonds. The molecule has 0 bridgehead atoms. The Balaban J connectivity index is 1.82. The average Bonchev–Trinajstić information content (AvgIpc) is 3.01. The van der Waals surface area contributed by atoms with Gasteiger partial charge < -0.3 is 4.74 Å². The molecule has 1 aliphatic heterocycles. The van der Waals surface area contributed by atoms with Crippen LogP contribution in [0.3, 0.4) is 0 Å². The Morgan fingerprint density at radius 1 is 1.38 bits per heavy atom. The van der Waals surface area contributed by atoms with Crippen molar-refractivity contribution in [1.82, 2.24) is 18.5 Å². The molecule has 6 heteroatoms. The predicted molar refractivity (Wildman–Crippen MR) is 60.0 cm³/mol. The molecule has 2 aromatic heterocycles. The molecule has 1 atom stereocenters. The van der Waals surface area contributed by atoms with E-state index < -0.39 is 0 Å². The molecule has 0 radical (unpaired) electrons. The Morgan fingerprint density at radius 3 is 3.12 bits per heavy atom. The first-order valence-electron chi connectivity index (χ1n) is 5.37. The molecule has 1 aliphatic rings. The minimum Gasteiger partial charge on any atom is -0.357 e. The van der Waals surface area contributed by atoms with Crippen molar-refractivity contribution in [2.75, 3.05) is 6.61 Å². The second-order valence-electron chi connectivity index (χ2n) is 3.82. The largest absolute Gasteiger partial charge is 0.357 e. The molecule has 0 aromatic carbocycles. The second kappa shape index (κ2) is 4.31. The van der Waals surface area contributed by atoms with Gasteiger partial charge in [-0.25, -0.2) is 4.68 Å². The fourth-order valence-corrected chi connectivity index (χ4v) is 2.29. The van der Waals surface area contributed by atoms with Gasteiger partial charge in [-0.15, -0.1) is 0 Å². The van der Waals surface area contributed by atoms with Gasteiger partial charge >= 0.3 is 0 Å². The van der Waals surface area contributed by atoms with Crippen LogP contribution in [0, 0.1) is 0 Å². The highest BCUT2D eigenvalue weighted by atomic mass is 32.1. The lowest BCUT2D eigenvalue weighted by Gasteiger charge is -2.22. The van der Waals surface area contributed by atoms with Crippen molar-refractivity contribution in [3.63, 3.8) is 0 Å². The van der Waals surface area contributed by atoms with E-state index in [0.717, 1.165) is 30.7 Å². The van der Waals surface area contributed by atoms with Crippen LogP contribution in [0.4, 0.5) is 0 Å². The first-order valence-corrected chi connectivity index (χ1v) is 6.10. The van der Waals surface area contributed by atoms with Gasteiger partial charge in [-0.05, 0) is 19.3 Å². The molecule has 0 aliphatic carbocycles. The maximum Gasteiger partial charge on any atom is 0.150 e. The highest BCUT2D eigenvalue weighted by molar-refractivity contribution is 6.99. The standard InChI is InChI=1S/C10H12N4OS/c1-2-4-15-10(3-1)14-7-8(5-11-14)9-6-12-16-13-9/h5-7,10H,1-4H2. The summed E-state index contributed by atoms with van der Waals surface area (Å²) in [7, 11) is 0. The molecular weight excluding hydrogens is 224 g/mol. The second-order valence-corrected chi connectivity index (χ2v) is 4.38. The highest BCUT2D eigenvalue weighted by Crippen LogP contribution is 2.24. The third-order valence-corrected chi connectivity index (χ3v) is 3.19. The fourth-order valence-electron chi connectivity index (χ4n) is 1.85. The molecule has 0 saturated carbocycles. The Hall–Kier alpha value is -1.27. The van der Waals surface area contributed by atoms with Crippen molar-refractivity contribution in [2.24, 2.45) is 0 Å². The first kappa shape index (κ1) is 9.92.